The van der Waals surface area contributed by atoms with Crippen molar-refractivity contribution in [2.45, 2.75) is 38.8 Å². The molecule has 110 valence electrons. The monoisotopic (exact) mass is 318 g/mol. The fourth-order valence-electron chi connectivity index (χ4n) is 2.98. The molecule has 0 aliphatic heterocycles. The van der Waals surface area contributed by atoms with Crippen LogP contribution in [0.1, 0.15) is 24.8 Å². The average molecular weight is 318 g/mol. The van der Waals surface area contributed by atoms with Crippen LogP contribution in [-0.4, -0.2) is 23.7 Å². The van der Waals surface area contributed by atoms with Crippen molar-refractivity contribution in [3.63, 3.8) is 0 Å². The molecule has 1 N–H and O–H groups in total. The predicted octanol–water partition coefficient (Wildman–Crippen LogP) is 4.34. The number of aryl methyl sites for hydroxylation is 1. The fraction of sp³-hybridized carbons (Fsp3) is 0.438. The lowest BCUT2D eigenvalue weighted by Crippen LogP contribution is -2.46. The van der Waals surface area contributed by atoms with Crippen molar-refractivity contribution >= 4 is 43.0 Å². The molecule has 3 nitrogen and oxygen atoms in total. The lowest BCUT2D eigenvalue weighted by Gasteiger charge is -2.36. The van der Waals surface area contributed by atoms with Crippen molar-refractivity contribution in [1.82, 2.24) is 10.3 Å². The van der Waals surface area contributed by atoms with Crippen molar-refractivity contribution in [2.75, 3.05) is 6.54 Å². The summed E-state index contributed by atoms with van der Waals surface area (Å²) in [5, 5.41) is 7.94. The summed E-state index contributed by atoms with van der Waals surface area (Å²) in [6.45, 7) is 5.26. The summed E-state index contributed by atoms with van der Waals surface area (Å²) in [6.07, 6.45) is 2.57. The fourth-order valence-corrected chi connectivity index (χ4v) is 4.81. The van der Waals surface area contributed by atoms with Gasteiger partial charge < -0.3 is 10.1 Å². The molecule has 1 fully saturated rings. The molecule has 0 saturated heterocycles. The second kappa shape index (κ2) is 5.23. The highest BCUT2D eigenvalue weighted by Gasteiger charge is 2.30. The lowest BCUT2D eigenvalue weighted by molar-refractivity contribution is 0.0876. The Balaban J connectivity index is 1.66. The largest absolute Gasteiger partial charge is 0.490 e. The minimum atomic E-state index is 0.351. The van der Waals surface area contributed by atoms with E-state index in [0.29, 0.717) is 12.1 Å². The van der Waals surface area contributed by atoms with Crippen LogP contribution in [-0.2, 0) is 0 Å². The minimum Gasteiger partial charge on any atom is -0.490 e. The second-order valence-corrected chi connectivity index (χ2v) is 7.73. The number of rotatable bonds is 4. The van der Waals surface area contributed by atoms with Crippen LogP contribution in [0.25, 0.3) is 20.3 Å². The van der Waals surface area contributed by atoms with Gasteiger partial charge in [-0.15, -0.1) is 22.7 Å². The molecular weight excluding hydrogens is 300 g/mol. The molecule has 1 aliphatic rings. The van der Waals surface area contributed by atoms with Crippen LogP contribution in [0.5, 0.6) is 5.75 Å². The van der Waals surface area contributed by atoms with Crippen LogP contribution in [0, 0.1) is 6.92 Å². The van der Waals surface area contributed by atoms with Crippen LogP contribution in [0.2, 0.25) is 0 Å². The molecule has 3 aromatic rings. The Morgan fingerprint density at radius 1 is 1.43 bits per heavy atom. The number of benzene rings is 1. The first kappa shape index (κ1) is 13.5. The predicted molar refractivity (Wildman–Crippen MR) is 90.9 cm³/mol. The quantitative estimate of drug-likeness (QED) is 0.777. The van der Waals surface area contributed by atoms with E-state index < -0.39 is 0 Å². The zero-order valence-electron chi connectivity index (χ0n) is 12.2. The molecule has 0 unspecified atom stereocenters. The Hall–Kier alpha value is -1.17. The van der Waals surface area contributed by atoms with Gasteiger partial charge in [0.15, 0.2) is 0 Å². The summed E-state index contributed by atoms with van der Waals surface area (Å²) in [5.74, 6) is 1.03. The molecule has 1 aromatic carbocycles. The normalized spacial score (nSPS) is 21.8. The molecule has 5 heteroatoms. The van der Waals surface area contributed by atoms with Gasteiger partial charge in [-0.1, -0.05) is 6.92 Å². The Bertz CT molecular complexity index is 786. The van der Waals surface area contributed by atoms with Gasteiger partial charge in [0.2, 0.25) is 0 Å². The van der Waals surface area contributed by atoms with E-state index in [1.165, 1.54) is 14.8 Å². The van der Waals surface area contributed by atoms with Crippen LogP contribution < -0.4 is 10.1 Å². The number of nitrogens with one attached hydrogen (secondary N) is 1. The number of hydrogen-bond donors (Lipinski definition) is 1. The maximum atomic E-state index is 6.26. The summed E-state index contributed by atoms with van der Waals surface area (Å²) in [7, 11) is 0. The number of ether oxygens (including phenoxy) is 1. The van der Waals surface area contributed by atoms with E-state index in [9.17, 15) is 0 Å². The van der Waals surface area contributed by atoms with Gasteiger partial charge >= 0.3 is 0 Å². The Kier molecular flexibility index (Phi) is 3.36. The molecule has 2 heterocycles. The third-order valence-electron chi connectivity index (χ3n) is 4.05. The number of fused-ring (bicyclic) bond motifs is 3. The van der Waals surface area contributed by atoms with Crippen molar-refractivity contribution in [3.8, 4) is 5.75 Å². The van der Waals surface area contributed by atoms with E-state index in [0.717, 1.165) is 35.7 Å². The first-order valence-corrected chi connectivity index (χ1v) is 9.11. The van der Waals surface area contributed by atoms with Crippen molar-refractivity contribution in [1.29, 1.82) is 0 Å². The third-order valence-corrected chi connectivity index (χ3v) is 5.89. The van der Waals surface area contributed by atoms with Crippen molar-refractivity contribution in [3.05, 3.63) is 22.5 Å². The second-order valence-electron chi connectivity index (χ2n) is 5.58. The Morgan fingerprint density at radius 3 is 3.10 bits per heavy atom. The molecule has 0 radical (unpaired) electrons. The summed E-state index contributed by atoms with van der Waals surface area (Å²) in [6, 6.07) is 4.96. The van der Waals surface area contributed by atoms with Gasteiger partial charge in [0.05, 0.1) is 19.9 Å². The molecule has 0 atom stereocenters. The van der Waals surface area contributed by atoms with E-state index in [-0.39, 0.29) is 0 Å². The highest BCUT2D eigenvalue weighted by atomic mass is 32.1. The van der Waals surface area contributed by atoms with Gasteiger partial charge in [-0.05, 0) is 37.8 Å². The van der Waals surface area contributed by atoms with E-state index in [1.807, 2.05) is 0 Å². The maximum absolute atomic E-state index is 6.26. The first-order valence-electron chi connectivity index (χ1n) is 7.42. The number of thiazole rings is 1. The third kappa shape index (κ3) is 2.33. The van der Waals surface area contributed by atoms with E-state index in [4.69, 9.17) is 4.74 Å². The summed E-state index contributed by atoms with van der Waals surface area (Å²) < 4.78 is 8.76. The average Bonchev–Trinajstić information content (AvgIpc) is 3.01. The molecule has 0 bridgehead atoms. The Morgan fingerprint density at radius 2 is 2.29 bits per heavy atom. The standard InChI is InChI=1S/C16H18N2OS2/c1-3-17-10-6-11(7-10)19-13-8-14-15(18-9(2)21-14)16-12(13)4-5-20-16/h4-5,8,10-11,17H,3,6-7H2,1-2H3. The van der Waals surface area contributed by atoms with Gasteiger partial charge in [0.1, 0.15) is 11.9 Å². The van der Waals surface area contributed by atoms with E-state index in [1.54, 1.807) is 22.7 Å². The molecular formula is C16H18N2OS2. The number of nitrogens with zero attached hydrogens (tertiary/aromatic N) is 1. The van der Waals surface area contributed by atoms with Gasteiger partial charge in [-0.3, -0.25) is 0 Å². The van der Waals surface area contributed by atoms with Crippen LogP contribution in [0.15, 0.2) is 17.5 Å². The maximum Gasteiger partial charge on any atom is 0.129 e. The molecule has 1 saturated carbocycles. The van der Waals surface area contributed by atoms with Crippen LogP contribution >= 0.6 is 22.7 Å². The molecule has 4 rings (SSSR count). The molecule has 0 spiro atoms. The Labute approximate surface area is 132 Å². The SMILES string of the molecule is CCNC1CC(Oc2cc3sc(C)nc3c3sccc23)C1. The van der Waals surface area contributed by atoms with Crippen LogP contribution in [0.3, 0.4) is 0 Å². The highest BCUT2D eigenvalue weighted by Crippen LogP contribution is 2.40. The minimum absolute atomic E-state index is 0.351. The smallest absolute Gasteiger partial charge is 0.129 e. The van der Waals surface area contributed by atoms with Crippen molar-refractivity contribution in [2.24, 2.45) is 0 Å². The molecule has 2 aromatic heterocycles. The van der Waals surface area contributed by atoms with E-state index in [2.05, 4.69) is 41.7 Å². The molecule has 21 heavy (non-hydrogen) atoms. The van der Waals surface area contributed by atoms with Crippen molar-refractivity contribution < 1.29 is 4.74 Å². The highest BCUT2D eigenvalue weighted by molar-refractivity contribution is 7.21. The number of hydrogen-bond acceptors (Lipinski definition) is 5. The van der Waals surface area contributed by atoms with Gasteiger partial charge in [0.25, 0.3) is 0 Å². The van der Waals surface area contributed by atoms with Crippen LogP contribution in [0.4, 0.5) is 0 Å². The number of aromatic nitrogens is 1. The van der Waals surface area contributed by atoms with E-state index >= 15 is 0 Å². The lowest BCUT2D eigenvalue weighted by atomic mass is 9.89. The summed E-state index contributed by atoms with van der Waals surface area (Å²) in [5.41, 5.74) is 1.13. The molecule has 0 amide bonds. The van der Waals surface area contributed by atoms with Gasteiger partial charge in [-0.2, -0.15) is 0 Å². The number of thiophene rings is 1. The summed E-state index contributed by atoms with van der Waals surface area (Å²) in [4.78, 5) is 4.67. The topological polar surface area (TPSA) is 34.1 Å². The van der Waals surface area contributed by atoms with Gasteiger partial charge in [-0.25, -0.2) is 4.98 Å². The zero-order chi connectivity index (χ0) is 14.4. The zero-order valence-corrected chi connectivity index (χ0v) is 13.8. The summed E-state index contributed by atoms with van der Waals surface area (Å²) >= 11 is 3.51. The molecule has 1 aliphatic carbocycles. The first-order chi connectivity index (χ1) is 10.2. The van der Waals surface area contributed by atoms with Gasteiger partial charge in [0, 0.05) is 17.5 Å².